The van der Waals surface area contributed by atoms with Crippen LogP contribution in [-0.2, 0) is 0 Å². The van der Waals surface area contributed by atoms with Gasteiger partial charge in [0.2, 0.25) is 0 Å². The van der Waals surface area contributed by atoms with E-state index >= 15 is 0 Å². The monoisotopic (exact) mass is 191 g/mol. The van der Waals surface area contributed by atoms with E-state index in [0.717, 1.165) is 8.58 Å². The molecule has 3 heteroatoms. The molecule has 2 nitrogen and oxygen atoms in total. The second kappa shape index (κ2) is 7.97. The van der Waals surface area contributed by atoms with Gasteiger partial charge in [-0.25, -0.2) is 0 Å². The maximum absolute atomic E-state index is 8.06. The summed E-state index contributed by atoms with van der Waals surface area (Å²) in [5.41, 5.74) is 0. The quantitative estimate of drug-likeness (QED) is 0.672. The normalized spacial score (nSPS) is 18.8. The molecule has 0 aromatic rings. The molecule has 0 aromatic carbocycles. The van der Waals surface area contributed by atoms with Gasteiger partial charge < -0.3 is 5.11 Å². The van der Waals surface area contributed by atoms with Crippen LogP contribution >= 0.6 is 8.58 Å². The van der Waals surface area contributed by atoms with Crippen molar-refractivity contribution in [1.29, 1.82) is 0 Å². The second-order valence-corrected chi connectivity index (χ2v) is 4.45. The van der Waals surface area contributed by atoms with E-state index in [1.165, 1.54) is 32.2 Å². The number of aliphatic hydroxyl groups is 1. The summed E-state index contributed by atoms with van der Waals surface area (Å²) in [5, 5.41) is 8.06. The molecule has 74 valence electrons. The zero-order valence-corrected chi connectivity index (χ0v) is 9.51. The highest BCUT2D eigenvalue weighted by Gasteiger charge is 2.08. The second-order valence-electron chi connectivity index (χ2n) is 3.43. The minimum absolute atomic E-state index is 0.167. The lowest BCUT2D eigenvalue weighted by molar-refractivity contribution is 0.216. The molecule has 1 saturated heterocycles. The topological polar surface area (TPSA) is 23.5 Å². The van der Waals surface area contributed by atoms with Gasteiger partial charge in [-0.3, -0.25) is 4.90 Å². The van der Waals surface area contributed by atoms with Crippen molar-refractivity contribution < 1.29 is 5.11 Å². The largest absolute Gasteiger partial charge is 0.394 e. The Hall–Kier alpha value is 0.350. The smallest absolute Gasteiger partial charge is 0.0483 e. The molecular formula is C9H22NOP. The Morgan fingerprint density at radius 1 is 1.33 bits per heavy atom. The number of hydrogen-bond donors (Lipinski definition) is 1. The molecule has 1 N–H and O–H groups in total. The predicted octanol–water partition coefficient (Wildman–Crippen LogP) is 1.74. The molecule has 0 bridgehead atoms. The fourth-order valence-corrected chi connectivity index (χ4v) is 1.93. The summed E-state index contributed by atoms with van der Waals surface area (Å²) >= 11 is 0. The fraction of sp³-hybridized carbons (Fsp3) is 1.00. The molecule has 1 atom stereocenters. The zero-order chi connectivity index (χ0) is 9.40. The first kappa shape index (κ1) is 12.3. The Balaban J connectivity index is 0.000000261. The molecular weight excluding hydrogens is 169 g/mol. The average molecular weight is 191 g/mol. The number of hydrogen-bond acceptors (Lipinski definition) is 2. The van der Waals surface area contributed by atoms with Crippen LogP contribution in [0.2, 0.25) is 0 Å². The minimum Gasteiger partial charge on any atom is -0.394 e. The molecule has 0 aliphatic carbocycles. The summed E-state index contributed by atoms with van der Waals surface area (Å²) in [6.07, 6.45) is 4.05. The first-order valence-corrected chi connectivity index (χ1v) is 6.42. The average Bonchev–Trinajstić information content (AvgIpc) is 2.39. The van der Waals surface area contributed by atoms with Gasteiger partial charge in [-0.15, -0.1) is 8.58 Å². The van der Waals surface area contributed by atoms with Crippen LogP contribution in [0.3, 0.4) is 0 Å². The van der Waals surface area contributed by atoms with E-state index in [1.807, 2.05) is 0 Å². The third-order valence-corrected chi connectivity index (χ3v) is 2.34. The van der Waals surface area contributed by atoms with Crippen LogP contribution in [0.4, 0.5) is 0 Å². The highest BCUT2D eigenvalue weighted by molar-refractivity contribution is 7.36. The molecule has 0 radical (unpaired) electrons. The molecule has 1 rings (SSSR count). The van der Waals surface area contributed by atoms with E-state index in [0.29, 0.717) is 0 Å². The van der Waals surface area contributed by atoms with Crippen LogP contribution in [0.5, 0.6) is 0 Å². The summed E-state index contributed by atoms with van der Waals surface area (Å²) in [6.45, 7) is 8.44. The van der Waals surface area contributed by atoms with Gasteiger partial charge in [0.1, 0.15) is 0 Å². The van der Waals surface area contributed by atoms with Crippen molar-refractivity contribution in [3.63, 3.8) is 0 Å². The van der Waals surface area contributed by atoms with Crippen LogP contribution in [0.1, 0.15) is 26.7 Å². The van der Waals surface area contributed by atoms with Gasteiger partial charge in [0.25, 0.3) is 0 Å². The minimum atomic E-state index is -0.167. The summed E-state index contributed by atoms with van der Waals surface area (Å²) < 4.78 is 0. The summed E-state index contributed by atoms with van der Waals surface area (Å²) in [5.74, 6) is 0. The summed E-state index contributed by atoms with van der Waals surface area (Å²) in [4.78, 5) is 2.55. The lowest BCUT2D eigenvalue weighted by Gasteiger charge is -2.11. The van der Waals surface area contributed by atoms with E-state index in [1.54, 1.807) is 13.8 Å². The predicted molar refractivity (Wildman–Crippen MR) is 57.3 cm³/mol. The van der Waals surface area contributed by atoms with Gasteiger partial charge in [0.05, 0.1) is 0 Å². The van der Waals surface area contributed by atoms with E-state index in [4.69, 9.17) is 5.11 Å². The van der Waals surface area contributed by atoms with Gasteiger partial charge in [0.15, 0.2) is 0 Å². The number of likely N-dealkylation sites (tertiary alicyclic amines) is 1. The maximum atomic E-state index is 8.06. The van der Waals surface area contributed by atoms with Crippen molar-refractivity contribution in [1.82, 2.24) is 4.90 Å². The molecule has 1 aliphatic heterocycles. The van der Waals surface area contributed by atoms with Crippen molar-refractivity contribution in [2.45, 2.75) is 32.8 Å². The lowest BCUT2D eigenvalue weighted by atomic mass is 10.4. The van der Waals surface area contributed by atoms with Crippen molar-refractivity contribution in [3.8, 4) is 0 Å². The molecule has 1 unspecified atom stereocenters. The first-order chi connectivity index (χ1) is 5.66. The van der Waals surface area contributed by atoms with Crippen LogP contribution in [-0.4, -0.2) is 42.2 Å². The van der Waals surface area contributed by atoms with Crippen LogP contribution in [0, 0.1) is 0 Å². The van der Waals surface area contributed by atoms with Gasteiger partial charge >= 0.3 is 0 Å². The van der Waals surface area contributed by atoms with Crippen molar-refractivity contribution in [2.24, 2.45) is 0 Å². The molecule has 0 amide bonds. The van der Waals surface area contributed by atoms with Gasteiger partial charge in [0, 0.05) is 12.4 Å². The van der Waals surface area contributed by atoms with Crippen molar-refractivity contribution >= 4 is 8.58 Å². The zero-order valence-electron chi connectivity index (χ0n) is 8.51. The molecule has 1 aliphatic rings. The molecule has 0 spiro atoms. The molecule has 1 fully saturated rings. The fourth-order valence-electron chi connectivity index (χ4n) is 1.16. The Morgan fingerprint density at radius 3 is 2.08 bits per heavy atom. The van der Waals surface area contributed by atoms with E-state index in [9.17, 15) is 0 Å². The van der Waals surface area contributed by atoms with E-state index in [2.05, 4.69) is 11.6 Å². The molecule has 0 saturated carbocycles. The van der Waals surface area contributed by atoms with Crippen LogP contribution < -0.4 is 0 Å². The summed E-state index contributed by atoms with van der Waals surface area (Å²) in [7, 11) is 1.12. The van der Waals surface area contributed by atoms with Gasteiger partial charge in [-0.2, -0.15) is 0 Å². The SMILES string of the molecule is CC(C)O.CPCN1CCCC1. The number of aliphatic hydroxyl groups excluding tert-OH is 1. The van der Waals surface area contributed by atoms with Crippen LogP contribution in [0.25, 0.3) is 0 Å². The van der Waals surface area contributed by atoms with Gasteiger partial charge in [-0.05, 0) is 46.4 Å². The molecule has 0 aromatic heterocycles. The van der Waals surface area contributed by atoms with E-state index in [-0.39, 0.29) is 6.10 Å². The Morgan fingerprint density at radius 2 is 1.75 bits per heavy atom. The van der Waals surface area contributed by atoms with E-state index < -0.39 is 0 Å². The number of rotatable bonds is 2. The standard InChI is InChI=1S/C6H14NP.C3H8O/c1-8-6-7-4-2-3-5-7;1-3(2)4/h8H,2-6H2,1H3;3-4H,1-2H3. The molecule has 1 heterocycles. The Labute approximate surface area is 78.1 Å². The Kier molecular flexibility index (Phi) is 8.20. The van der Waals surface area contributed by atoms with Gasteiger partial charge in [-0.1, -0.05) is 0 Å². The lowest BCUT2D eigenvalue weighted by Crippen LogP contribution is -2.16. The molecule has 12 heavy (non-hydrogen) atoms. The third-order valence-electron chi connectivity index (χ3n) is 1.58. The summed E-state index contributed by atoms with van der Waals surface area (Å²) in [6, 6.07) is 0. The maximum Gasteiger partial charge on any atom is 0.0483 e. The third kappa shape index (κ3) is 8.45. The van der Waals surface area contributed by atoms with Crippen molar-refractivity contribution in [2.75, 3.05) is 26.0 Å². The Bertz CT molecular complexity index is 89.8. The van der Waals surface area contributed by atoms with Crippen LogP contribution in [0.15, 0.2) is 0 Å². The number of nitrogens with zero attached hydrogens (tertiary/aromatic N) is 1. The van der Waals surface area contributed by atoms with Crippen molar-refractivity contribution in [3.05, 3.63) is 0 Å². The highest BCUT2D eigenvalue weighted by Crippen LogP contribution is 2.12. The first-order valence-electron chi connectivity index (χ1n) is 4.72. The highest BCUT2D eigenvalue weighted by atomic mass is 31.1.